The van der Waals surface area contributed by atoms with Gasteiger partial charge >= 0.3 is 0 Å². The maximum absolute atomic E-state index is 12.1. The Balaban J connectivity index is 2.38. The molecule has 1 N–H and O–H groups in total. The van der Waals surface area contributed by atoms with Gasteiger partial charge in [0.25, 0.3) is 8.38 Å². The molecule has 202 valence electrons. The van der Waals surface area contributed by atoms with Crippen molar-refractivity contribution in [2.24, 2.45) is 0 Å². The minimum Gasteiger partial charge on any atom is -0.445 e. The highest BCUT2D eigenvalue weighted by Gasteiger charge is 2.30. The second-order valence-electron chi connectivity index (χ2n) is 8.56. The maximum Gasteiger partial charge on any atom is 0.264 e. The van der Waals surface area contributed by atoms with Crippen molar-refractivity contribution in [2.45, 2.75) is 38.5 Å². The number of carbonyl (C=O) groups excluding carboxylic acids is 2. The van der Waals surface area contributed by atoms with E-state index in [2.05, 4.69) is 11.4 Å². The first-order chi connectivity index (χ1) is 17.2. The summed E-state index contributed by atoms with van der Waals surface area (Å²) in [5.41, 5.74) is 1.03. The van der Waals surface area contributed by atoms with Crippen LogP contribution in [0.1, 0.15) is 31.7 Å². The average Bonchev–Trinajstić information content (AvgIpc) is 2.82. The van der Waals surface area contributed by atoms with Gasteiger partial charge in [0.1, 0.15) is 17.4 Å². The molecular formula is C25H41N4O6P. The monoisotopic (exact) mass is 524 g/mol. The third-order valence-electron chi connectivity index (χ3n) is 4.84. The molecule has 11 heteroatoms. The highest BCUT2D eigenvalue weighted by molar-refractivity contribution is 7.48. The van der Waals surface area contributed by atoms with Gasteiger partial charge < -0.3 is 23.8 Å². The molecule has 1 amide bonds. The summed E-state index contributed by atoms with van der Waals surface area (Å²) in [7, 11) is 6.52. The molecule has 1 unspecified atom stereocenters. The van der Waals surface area contributed by atoms with E-state index in [0.29, 0.717) is 71.0 Å². The molecule has 0 aliphatic carbocycles. The SMILES string of the molecule is CC(=O)CCOCCOCCNC(=O)CCc1ccc(OP(OCCC#N)C(N(C)C)N(C)C)cc1. The number of ketones is 1. The maximum atomic E-state index is 12.1. The lowest BCUT2D eigenvalue weighted by Gasteiger charge is -2.35. The zero-order chi connectivity index (χ0) is 26.8. The van der Waals surface area contributed by atoms with Gasteiger partial charge in [0, 0.05) is 19.4 Å². The highest BCUT2D eigenvalue weighted by atomic mass is 31.2. The first-order valence-corrected chi connectivity index (χ1v) is 13.3. The molecule has 0 spiro atoms. The van der Waals surface area contributed by atoms with Crippen molar-refractivity contribution in [3.63, 3.8) is 0 Å². The van der Waals surface area contributed by atoms with E-state index in [1.54, 1.807) is 0 Å². The lowest BCUT2D eigenvalue weighted by Crippen LogP contribution is -2.40. The van der Waals surface area contributed by atoms with Gasteiger partial charge in [0.15, 0.2) is 0 Å². The molecule has 0 saturated heterocycles. The molecule has 1 atom stereocenters. The van der Waals surface area contributed by atoms with Crippen LogP contribution in [0, 0.1) is 11.3 Å². The Hall–Kier alpha value is -2.12. The van der Waals surface area contributed by atoms with E-state index < -0.39 is 8.38 Å². The van der Waals surface area contributed by atoms with Crippen LogP contribution in [0.2, 0.25) is 0 Å². The standard InChI is InChI=1S/C25H41N4O6P/c1-21(30)13-17-32-19-20-33-18-15-27-24(31)12-9-22-7-10-23(11-8-22)35-36(34-16-6-14-26)25(28(2)3)29(4)5/h7-8,10-11,25H,6,9,12-13,15-20H2,1-5H3,(H,27,31). The Morgan fingerprint density at radius 1 is 0.972 bits per heavy atom. The molecule has 1 aromatic carbocycles. The number of amides is 1. The van der Waals surface area contributed by atoms with Crippen LogP contribution in [0.5, 0.6) is 5.75 Å². The Labute approximate surface area is 216 Å². The van der Waals surface area contributed by atoms with Crippen molar-refractivity contribution in [2.75, 3.05) is 67.8 Å². The summed E-state index contributed by atoms with van der Waals surface area (Å²) in [5.74, 6) is 0.673. The van der Waals surface area contributed by atoms with E-state index in [4.69, 9.17) is 23.8 Å². The summed E-state index contributed by atoms with van der Waals surface area (Å²) in [6.45, 7) is 3.96. The van der Waals surface area contributed by atoms with Gasteiger partial charge in [-0.1, -0.05) is 12.1 Å². The van der Waals surface area contributed by atoms with Crippen LogP contribution in [-0.4, -0.2) is 95.2 Å². The van der Waals surface area contributed by atoms with Gasteiger partial charge in [-0.05, 0) is 59.2 Å². The van der Waals surface area contributed by atoms with Crippen molar-refractivity contribution in [3.05, 3.63) is 29.8 Å². The molecule has 0 aliphatic rings. The van der Waals surface area contributed by atoms with Crippen LogP contribution in [-0.2, 0) is 30.0 Å². The molecule has 0 heterocycles. The van der Waals surface area contributed by atoms with Gasteiger partial charge in [-0.15, -0.1) is 0 Å². The van der Waals surface area contributed by atoms with Crippen LogP contribution >= 0.6 is 8.38 Å². The number of nitrogens with one attached hydrogen (secondary N) is 1. The largest absolute Gasteiger partial charge is 0.445 e. The highest BCUT2D eigenvalue weighted by Crippen LogP contribution is 2.46. The molecule has 0 bridgehead atoms. The van der Waals surface area contributed by atoms with E-state index >= 15 is 0 Å². The van der Waals surface area contributed by atoms with Crippen LogP contribution < -0.4 is 9.84 Å². The Morgan fingerprint density at radius 3 is 2.19 bits per heavy atom. The minimum absolute atomic E-state index is 0.0362. The van der Waals surface area contributed by atoms with Crippen LogP contribution in [0.25, 0.3) is 0 Å². The summed E-state index contributed by atoms with van der Waals surface area (Å²) in [6.07, 6.45) is 1.71. The number of Topliss-reactive ketones (excluding diaryl/α,β-unsaturated/α-hetero) is 1. The van der Waals surface area contributed by atoms with E-state index in [-0.39, 0.29) is 17.6 Å². The average molecular weight is 525 g/mol. The van der Waals surface area contributed by atoms with Crippen molar-refractivity contribution in [1.29, 1.82) is 5.26 Å². The van der Waals surface area contributed by atoms with Gasteiger partial charge in [0.05, 0.1) is 45.5 Å². The summed E-state index contributed by atoms with van der Waals surface area (Å²) in [4.78, 5) is 27.0. The first-order valence-electron chi connectivity index (χ1n) is 12.0. The topological polar surface area (TPSA) is 113 Å². The predicted octanol–water partition coefficient (Wildman–Crippen LogP) is 2.78. The van der Waals surface area contributed by atoms with Crippen LogP contribution in [0.4, 0.5) is 0 Å². The van der Waals surface area contributed by atoms with Crippen molar-refractivity contribution in [3.8, 4) is 11.8 Å². The summed E-state index contributed by atoms with van der Waals surface area (Å²) in [6, 6.07) is 9.75. The fourth-order valence-electron chi connectivity index (χ4n) is 3.13. The third-order valence-corrected chi connectivity index (χ3v) is 6.97. The second-order valence-corrected chi connectivity index (χ2v) is 10.0. The van der Waals surface area contributed by atoms with E-state index in [1.807, 2.05) is 62.3 Å². The molecule has 0 radical (unpaired) electrons. The predicted molar refractivity (Wildman–Crippen MR) is 140 cm³/mol. The van der Waals surface area contributed by atoms with E-state index in [1.165, 1.54) is 6.92 Å². The molecule has 0 fully saturated rings. The van der Waals surface area contributed by atoms with Gasteiger partial charge in [-0.2, -0.15) is 5.26 Å². The summed E-state index contributed by atoms with van der Waals surface area (Å²) < 4.78 is 22.8. The molecular weight excluding hydrogens is 483 g/mol. The lowest BCUT2D eigenvalue weighted by atomic mass is 10.1. The summed E-state index contributed by atoms with van der Waals surface area (Å²) >= 11 is 0. The molecule has 1 rings (SSSR count). The summed E-state index contributed by atoms with van der Waals surface area (Å²) in [5, 5.41) is 11.7. The number of benzene rings is 1. The number of rotatable bonds is 20. The molecule has 0 saturated carbocycles. The zero-order valence-corrected chi connectivity index (χ0v) is 23.1. The number of hydrogen-bond acceptors (Lipinski definition) is 9. The van der Waals surface area contributed by atoms with Crippen LogP contribution in [0.15, 0.2) is 24.3 Å². The Morgan fingerprint density at radius 2 is 1.61 bits per heavy atom. The second kappa shape index (κ2) is 19.1. The number of ether oxygens (including phenoxy) is 2. The molecule has 0 aliphatic heterocycles. The number of carbonyl (C=O) groups is 2. The Kier molecular flexibility index (Phi) is 16.9. The fraction of sp³-hybridized carbons (Fsp3) is 0.640. The number of hydrogen-bond donors (Lipinski definition) is 1. The lowest BCUT2D eigenvalue weighted by molar-refractivity contribution is -0.121. The minimum atomic E-state index is -1.33. The quantitative estimate of drug-likeness (QED) is 0.156. The molecule has 36 heavy (non-hydrogen) atoms. The smallest absolute Gasteiger partial charge is 0.264 e. The van der Waals surface area contributed by atoms with Crippen molar-refractivity contribution < 1.29 is 28.1 Å². The number of aryl methyl sites for hydroxylation is 1. The molecule has 10 nitrogen and oxygen atoms in total. The van der Waals surface area contributed by atoms with Crippen molar-refractivity contribution >= 4 is 20.1 Å². The van der Waals surface area contributed by atoms with Crippen molar-refractivity contribution in [1.82, 2.24) is 15.1 Å². The van der Waals surface area contributed by atoms with Gasteiger partial charge in [-0.25, -0.2) is 0 Å². The third kappa shape index (κ3) is 14.4. The van der Waals surface area contributed by atoms with E-state index in [0.717, 1.165) is 5.56 Å². The zero-order valence-electron chi connectivity index (χ0n) is 22.2. The molecule has 1 aromatic rings. The number of nitriles is 1. The fourth-order valence-corrected chi connectivity index (χ4v) is 4.76. The normalized spacial score (nSPS) is 12.1. The van der Waals surface area contributed by atoms with E-state index in [9.17, 15) is 9.59 Å². The van der Waals surface area contributed by atoms with Gasteiger partial charge in [0.2, 0.25) is 5.91 Å². The Bertz CT molecular complexity index is 793. The first kappa shape index (κ1) is 31.9. The van der Waals surface area contributed by atoms with Gasteiger partial charge in [-0.3, -0.25) is 19.4 Å². The molecule has 0 aromatic heterocycles. The van der Waals surface area contributed by atoms with Crippen LogP contribution in [0.3, 0.4) is 0 Å². The number of nitrogens with zero attached hydrogens (tertiary/aromatic N) is 3.